The molecule has 20 heteroatoms. The minimum Gasteiger partial charge on any atom is -0.394 e. The Hall–Kier alpha value is -4.81. The summed E-state index contributed by atoms with van der Waals surface area (Å²) in [5.41, 5.74) is 6.97. The molecule has 2 heterocycles. The summed E-state index contributed by atoms with van der Waals surface area (Å²) in [6.07, 6.45) is 2.88. The number of phosphoric acid groups is 1. The lowest BCUT2D eigenvalue weighted by Gasteiger charge is -2.27. The summed E-state index contributed by atoms with van der Waals surface area (Å²) < 4.78 is 15.8. The van der Waals surface area contributed by atoms with E-state index < -0.39 is 98.7 Å². The number of phosphoric ester groups is 1. The van der Waals surface area contributed by atoms with Gasteiger partial charge in [-0.15, -0.1) is 0 Å². The van der Waals surface area contributed by atoms with Gasteiger partial charge in [0.2, 0.25) is 23.6 Å². The van der Waals surface area contributed by atoms with Crippen molar-refractivity contribution in [2.24, 2.45) is 28.6 Å². The number of rotatable bonds is 24. The topological polar surface area (TPSA) is 293 Å². The molecule has 314 valence electrons. The van der Waals surface area contributed by atoms with Gasteiger partial charge >= 0.3 is 7.82 Å². The molecule has 0 unspecified atom stereocenters. The van der Waals surface area contributed by atoms with Crippen LogP contribution in [0.5, 0.6) is 0 Å². The number of benzene rings is 1. The molecule has 1 aromatic heterocycles. The summed E-state index contributed by atoms with van der Waals surface area (Å²) in [4.78, 5) is 111. The predicted octanol–water partition coefficient (Wildman–Crippen LogP) is 0.719. The minimum atomic E-state index is -5.06. The Bertz CT molecular complexity index is 1740. The second-order valence-electron chi connectivity index (χ2n) is 14.5. The maximum absolute atomic E-state index is 14.0. The number of imidazole rings is 1. The summed E-state index contributed by atoms with van der Waals surface area (Å²) in [5, 5.41) is 19.3. The van der Waals surface area contributed by atoms with E-state index in [0.717, 1.165) is 18.9 Å². The van der Waals surface area contributed by atoms with Crippen molar-refractivity contribution >= 4 is 49.2 Å². The number of H-pyrrole nitrogens is 1. The Morgan fingerprint density at radius 3 is 2.33 bits per heavy atom. The van der Waals surface area contributed by atoms with Gasteiger partial charge in [-0.1, -0.05) is 49.3 Å². The van der Waals surface area contributed by atoms with Gasteiger partial charge in [0.1, 0.15) is 18.2 Å². The number of nitrogens with zero attached hydrogens (tertiary/aromatic N) is 3. The van der Waals surface area contributed by atoms with Crippen LogP contribution in [0.3, 0.4) is 0 Å². The Labute approximate surface area is 330 Å². The van der Waals surface area contributed by atoms with Crippen molar-refractivity contribution in [2.75, 3.05) is 13.2 Å². The summed E-state index contributed by atoms with van der Waals surface area (Å²) in [6.45, 7) is 5.35. The molecule has 1 saturated heterocycles. The van der Waals surface area contributed by atoms with Gasteiger partial charge in [0.15, 0.2) is 11.6 Å². The summed E-state index contributed by atoms with van der Waals surface area (Å²) in [7, 11) is -5.06. The van der Waals surface area contributed by atoms with Crippen LogP contribution in [0.1, 0.15) is 71.1 Å². The average Bonchev–Trinajstić information content (AvgIpc) is 3.82. The van der Waals surface area contributed by atoms with Crippen molar-refractivity contribution in [1.82, 2.24) is 25.5 Å². The Balaban J connectivity index is 1.72. The first-order valence-electron chi connectivity index (χ1n) is 18.6. The molecule has 2 aromatic rings. The lowest BCUT2D eigenvalue weighted by Crippen LogP contribution is -2.52. The maximum Gasteiger partial charge on any atom is 0.469 e. The number of aliphatic hydroxyl groups is 1. The van der Waals surface area contributed by atoms with Crippen LogP contribution in [0.25, 0.3) is 0 Å². The van der Waals surface area contributed by atoms with Crippen molar-refractivity contribution in [3.05, 3.63) is 54.1 Å². The lowest BCUT2D eigenvalue weighted by atomic mass is 9.89. The molecule has 0 aliphatic carbocycles. The summed E-state index contributed by atoms with van der Waals surface area (Å²) in [5.74, 6) is -7.02. The van der Waals surface area contributed by atoms with Gasteiger partial charge in [-0.2, -0.15) is 0 Å². The van der Waals surface area contributed by atoms with Gasteiger partial charge < -0.3 is 46.0 Å². The van der Waals surface area contributed by atoms with Crippen molar-refractivity contribution in [3.63, 3.8) is 0 Å². The molecule has 0 bridgehead atoms. The second kappa shape index (κ2) is 22.2. The standard InChI is InChI=1S/C37H54N7O12P/c1-22(2)13-30(42-37(51)32-16-28(19-44(32)24(4)46)55-41-12-8-11-25-9-6-5-7-10-25)33(47)15-26(14-27-18-39-21-40-27)36(50)43-31(20-45)34(48)17-29(35(38)49)23(3)56-57(52,53)54/h5-7,9-10,12,18,21-23,26,28-32,45H,8,11,13-17,19-20H2,1-4H3,(H2,38,49)(H,39,40)(H,42,51)(H,43,50)(H2,52,53,54)/b41-12+/t23-,26-,28+,29+,30+,31+,32+/m1/s1. The third kappa shape index (κ3) is 15.6. The molecule has 0 spiro atoms. The maximum atomic E-state index is 14.0. The van der Waals surface area contributed by atoms with Gasteiger partial charge in [0.05, 0.1) is 43.5 Å². The molecule has 1 fully saturated rings. The molecule has 57 heavy (non-hydrogen) atoms. The number of hydrogen-bond donors (Lipinski definition) is 7. The average molecular weight is 820 g/mol. The number of oxime groups is 1. The number of carbonyl (C=O) groups is 6. The molecular formula is C37H54N7O12P. The van der Waals surface area contributed by atoms with Crippen molar-refractivity contribution in [2.45, 2.75) is 103 Å². The molecule has 0 saturated carbocycles. The third-order valence-corrected chi connectivity index (χ3v) is 10.1. The fraction of sp³-hybridized carbons (Fsp3) is 0.568. The SMILES string of the molecule is CC(=O)N1C[C@@H](O/N=C/CCc2ccccc2)C[C@H]1C(=O)N[C@@H](CC(C)C)C(=O)C[C@@H](Cc1cnc[nH]1)C(=O)N[C@@H](CO)C(=O)C[C@H](C(N)=O)[C@@H](C)OP(=O)(O)O. The van der Waals surface area contributed by atoms with Gasteiger partial charge in [-0.05, 0) is 37.7 Å². The van der Waals surface area contributed by atoms with Crippen molar-refractivity contribution in [3.8, 4) is 0 Å². The molecule has 8 N–H and O–H groups in total. The van der Waals surface area contributed by atoms with E-state index in [1.54, 1.807) is 6.21 Å². The van der Waals surface area contributed by atoms with Crippen LogP contribution in [0.2, 0.25) is 0 Å². The molecule has 7 atom stereocenters. The largest absolute Gasteiger partial charge is 0.469 e. The number of likely N-dealkylation sites (tertiary alicyclic amines) is 1. The van der Waals surface area contributed by atoms with Crippen LogP contribution in [-0.2, 0) is 55.5 Å². The zero-order valence-corrected chi connectivity index (χ0v) is 33.4. The second-order valence-corrected chi connectivity index (χ2v) is 15.7. The van der Waals surface area contributed by atoms with E-state index in [1.807, 2.05) is 44.2 Å². The highest BCUT2D eigenvalue weighted by atomic mass is 31.2. The van der Waals surface area contributed by atoms with Crippen LogP contribution < -0.4 is 16.4 Å². The number of aliphatic hydroxyl groups excluding tert-OH is 1. The molecule has 1 aromatic carbocycles. The summed E-state index contributed by atoms with van der Waals surface area (Å²) >= 11 is 0. The molecule has 4 amide bonds. The van der Waals surface area contributed by atoms with Crippen LogP contribution in [0.15, 0.2) is 48.0 Å². The van der Waals surface area contributed by atoms with E-state index in [9.17, 15) is 38.4 Å². The minimum absolute atomic E-state index is 0.0606. The highest BCUT2D eigenvalue weighted by molar-refractivity contribution is 7.46. The number of hydrogen-bond acceptors (Lipinski definition) is 12. The van der Waals surface area contributed by atoms with Crippen molar-refractivity contribution < 1.29 is 57.6 Å². The lowest BCUT2D eigenvalue weighted by molar-refractivity contribution is -0.138. The number of Topliss-reactive ketones (excluding diaryl/α,β-unsaturated/α-hetero) is 2. The summed E-state index contributed by atoms with van der Waals surface area (Å²) in [6, 6.07) is 6.24. The third-order valence-electron chi connectivity index (χ3n) is 9.46. The highest BCUT2D eigenvalue weighted by Gasteiger charge is 2.41. The van der Waals surface area contributed by atoms with E-state index in [0.29, 0.717) is 12.1 Å². The quantitative estimate of drug-likeness (QED) is 0.0437. The first-order chi connectivity index (χ1) is 26.9. The Morgan fingerprint density at radius 1 is 1.07 bits per heavy atom. The zero-order valence-electron chi connectivity index (χ0n) is 32.5. The zero-order chi connectivity index (χ0) is 42.3. The van der Waals surface area contributed by atoms with E-state index in [1.165, 1.54) is 24.3 Å². The molecule has 1 aliphatic rings. The number of aromatic nitrogens is 2. The number of ketones is 2. The normalized spacial score (nSPS) is 18.4. The van der Waals surface area contributed by atoms with Gasteiger partial charge in [0.25, 0.3) is 0 Å². The monoisotopic (exact) mass is 819 g/mol. The predicted molar refractivity (Wildman–Crippen MR) is 205 cm³/mol. The van der Waals surface area contributed by atoms with Crippen LogP contribution in [0.4, 0.5) is 0 Å². The van der Waals surface area contributed by atoms with E-state index in [-0.39, 0.29) is 37.6 Å². The molecule has 0 radical (unpaired) electrons. The molecule has 19 nitrogen and oxygen atoms in total. The van der Waals surface area contributed by atoms with Crippen LogP contribution in [0, 0.1) is 17.8 Å². The van der Waals surface area contributed by atoms with Gasteiger partial charge in [0, 0.05) is 50.7 Å². The number of primary amides is 1. The van der Waals surface area contributed by atoms with E-state index in [4.69, 9.17) is 20.4 Å². The first-order valence-corrected chi connectivity index (χ1v) is 20.2. The van der Waals surface area contributed by atoms with Crippen LogP contribution in [-0.4, -0.2) is 115 Å². The number of amides is 4. The van der Waals surface area contributed by atoms with E-state index in [2.05, 4.69) is 30.3 Å². The fourth-order valence-electron chi connectivity index (χ4n) is 6.51. The van der Waals surface area contributed by atoms with E-state index >= 15 is 0 Å². The molecular weight excluding hydrogens is 765 g/mol. The van der Waals surface area contributed by atoms with Crippen LogP contribution >= 0.6 is 7.82 Å². The molecule has 3 rings (SSSR count). The number of nitrogens with two attached hydrogens (primary N) is 1. The number of aromatic amines is 1. The van der Waals surface area contributed by atoms with Gasteiger partial charge in [-0.3, -0.25) is 33.3 Å². The smallest absolute Gasteiger partial charge is 0.394 e. The number of carbonyl (C=O) groups excluding carboxylic acids is 6. The fourth-order valence-corrected chi connectivity index (χ4v) is 7.09. The van der Waals surface area contributed by atoms with Gasteiger partial charge in [-0.25, -0.2) is 9.55 Å². The molecule has 1 aliphatic heterocycles. The highest BCUT2D eigenvalue weighted by Crippen LogP contribution is 2.39. The Morgan fingerprint density at radius 2 is 1.75 bits per heavy atom. The number of aryl methyl sites for hydroxylation is 1. The van der Waals surface area contributed by atoms with Crippen molar-refractivity contribution in [1.29, 1.82) is 0 Å². The number of nitrogens with one attached hydrogen (secondary N) is 3. The first kappa shape index (κ1) is 46.6. The Kier molecular flexibility index (Phi) is 18.1.